The molecule has 0 rings (SSSR count). The minimum Gasteiger partial charge on any atom is -0.383 e. The van der Waals surface area contributed by atoms with Gasteiger partial charge in [-0.2, -0.15) is 0 Å². The molecular weight excluding hydrogens is 106 g/mol. The van der Waals surface area contributed by atoms with Gasteiger partial charge in [-0.1, -0.05) is 0 Å². The maximum Gasteiger partial charge on any atom is 0.207 e. The van der Waals surface area contributed by atoms with Crippen LogP contribution in [0.15, 0.2) is 0 Å². The summed E-state index contributed by atoms with van der Waals surface area (Å²) in [6, 6.07) is 0.123. The third kappa shape index (κ3) is 3.61. The molecule has 1 N–H and O–H groups in total. The molecule has 0 spiro atoms. The van der Waals surface area contributed by atoms with Gasteiger partial charge in [-0.3, -0.25) is 4.79 Å². The minimum atomic E-state index is 0.123. The van der Waals surface area contributed by atoms with Crippen molar-refractivity contribution in [3.05, 3.63) is 0 Å². The molecule has 0 aliphatic rings. The fraction of sp³-hybridized carbons (Fsp3) is 0.800. The molecule has 0 saturated carbocycles. The van der Waals surface area contributed by atoms with Crippen LogP contribution in [0.1, 0.15) is 6.92 Å². The SMILES string of the molecule is COC[C@H](C)NC=O. The van der Waals surface area contributed by atoms with Gasteiger partial charge in [-0.05, 0) is 6.92 Å². The van der Waals surface area contributed by atoms with Gasteiger partial charge in [0.25, 0.3) is 0 Å². The Labute approximate surface area is 49.0 Å². The van der Waals surface area contributed by atoms with E-state index in [-0.39, 0.29) is 6.04 Å². The van der Waals surface area contributed by atoms with Crippen LogP contribution in [0, 0.1) is 0 Å². The van der Waals surface area contributed by atoms with Gasteiger partial charge in [0, 0.05) is 13.2 Å². The molecule has 1 amide bonds. The summed E-state index contributed by atoms with van der Waals surface area (Å²) in [4.78, 5) is 9.72. The van der Waals surface area contributed by atoms with Gasteiger partial charge in [0.2, 0.25) is 6.41 Å². The van der Waals surface area contributed by atoms with Gasteiger partial charge >= 0.3 is 0 Å². The monoisotopic (exact) mass is 117 g/mol. The van der Waals surface area contributed by atoms with Crippen molar-refractivity contribution in [1.82, 2.24) is 5.32 Å². The van der Waals surface area contributed by atoms with Crippen LogP contribution in [0.4, 0.5) is 0 Å². The van der Waals surface area contributed by atoms with E-state index in [4.69, 9.17) is 4.74 Å². The van der Waals surface area contributed by atoms with Crippen LogP contribution < -0.4 is 5.32 Å². The lowest BCUT2D eigenvalue weighted by molar-refractivity contribution is -0.110. The summed E-state index contributed by atoms with van der Waals surface area (Å²) in [5.74, 6) is 0. The fourth-order valence-electron chi connectivity index (χ4n) is 0.414. The van der Waals surface area contributed by atoms with Crippen LogP contribution in [-0.2, 0) is 9.53 Å². The third-order valence-electron chi connectivity index (χ3n) is 0.769. The second-order valence-electron chi connectivity index (χ2n) is 1.64. The predicted molar refractivity (Wildman–Crippen MR) is 30.5 cm³/mol. The number of carbonyl (C=O) groups is 1. The predicted octanol–water partition coefficient (Wildman–Crippen LogP) is -0.233. The quantitative estimate of drug-likeness (QED) is 0.516. The second-order valence-corrected chi connectivity index (χ2v) is 1.64. The van der Waals surface area contributed by atoms with Crippen molar-refractivity contribution in [1.29, 1.82) is 0 Å². The lowest BCUT2D eigenvalue weighted by Crippen LogP contribution is -2.28. The summed E-state index contributed by atoms with van der Waals surface area (Å²) in [6.45, 7) is 2.44. The molecule has 1 atom stereocenters. The number of methoxy groups -OCH3 is 1. The van der Waals surface area contributed by atoms with E-state index in [2.05, 4.69) is 5.32 Å². The number of nitrogens with one attached hydrogen (secondary N) is 1. The maximum absolute atomic E-state index is 9.72. The first-order chi connectivity index (χ1) is 3.81. The van der Waals surface area contributed by atoms with E-state index >= 15 is 0 Å². The molecule has 0 aliphatic carbocycles. The van der Waals surface area contributed by atoms with E-state index < -0.39 is 0 Å². The average Bonchev–Trinajstić information content (AvgIpc) is 1.68. The maximum atomic E-state index is 9.72. The van der Waals surface area contributed by atoms with Crippen LogP contribution in [0.3, 0.4) is 0 Å². The molecule has 0 unspecified atom stereocenters. The van der Waals surface area contributed by atoms with Crippen LogP contribution >= 0.6 is 0 Å². The van der Waals surface area contributed by atoms with E-state index in [1.54, 1.807) is 7.11 Å². The Kier molecular flexibility index (Phi) is 4.26. The normalized spacial score (nSPS) is 12.8. The highest BCUT2D eigenvalue weighted by Gasteiger charge is 1.94. The molecule has 0 aromatic rings. The highest BCUT2D eigenvalue weighted by molar-refractivity contribution is 5.46. The summed E-state index contributed by atoms with van der Waals surface area (Å²) in [5, 5.41) is 2.54. The van der Waals surface area contributed by atoms with Crippen molar-refractivity contribution in [3.63, 3.8) is 0 Å². The smallest absolute Gasteiger partial charge is 0.207 e. The number of hydrogen-bond donors (Lipinski definition) is 1. The number of hydrogen-bond acceptors (Lipinski definition) is 2. The first-order valence-electron chi connectivity index (χ1n) is 2.50. The Morgan fingerprint density at radius 3 is 2.88 bits per heavy atom. The van der Waals surface area contributed by atoms with E-state index in [1.807, 2.05) is 6.92 Å². The van der Waals surface area contributed by atoms with Crippen LogP contribution in [0.2, 0.25) is 0 Å². The average molecular weight is 117 g/mol. The van der Waals surface area contributed by atoms with E-state index in [1.165, 1.54) is 0 Å². The van der Waals surface area contributed by atoms with E-state index in [9.17, 15) is 4.79 Å². The Hall–Kier alpha value is -0.570. The van der Waals surface area contributed by atoms with E-state index in [0.29, 0.717) is 13.0 Å². The molecular formula is C5H11NO2. The zero-order chi connectivity index (χ0) is 6.41. The van der Waals surface area contributed by atoms with Crippen molar-refractivity contribution < 1.29 is 9.53 Å². The Morgan fingerprint density at radius 1 is 1.88 bits per heavy atom. The summed E-state index contributed by atoms with van der Waals surface area (Å²) < 4.78 is 4.73. The molecule has 3 heteroatoms. The van der Waals surface area contributed by atoms with Crippen LogP contribution in [0.25, 0.3) is 0 Å². The lowest BCUT2D eigenvalue weighted by Gasteiger charge is -2.06. The van der Waals surface area contributed by atoms with Crippen molar-refractivity contribution in [2.24, 2.45) is 0 Å². The Morgan fingerprint density at radius 2 is 2.50 bits per heavy atom. The summed E-state index contributed by atoms with van der Waals surface area (Å²) in [6.07, 6.45) is 0.670. The van der Waals surface area contributed by atoms with Gasteiger partial charge in [0.05, 0.1) is 6.61 Å². The number of amides is 1. The van der Waals surface area contributed by atoms with Gasteiger partial charge in [0.15, 0.2) is 0 Å². The van der Waals surface area contributed by atoms with Crippen molar-refractivity contribution >= 4 is 6.41 Å². The van der Waals surface area contributed by atoms with E-state index in [0.717, 1.165) is 0 Å². The first-order valence-corrected chi connectivity index (χ1v) is 2.50. The van der Waals surface area contributed by atoms with Gasteiger partial charge in [0.1, 0.15) is 0 Å². The standard InChI is InChI=1S/C5H11NO2/c1-5(3-8-2)6-4-7/h4-5H,3H2,1-2H3,(H,6,7)/t5-/m0/s1. The molecule has 0 radical (unpaired) electrons. The Bertz CT molecular complexity index is 65.4. The van der Waals surface area contributed by atoms with Crippen molar-refractivity contribution in [3.8, 4) is 0 Å². The van der Waals surface area contributed by atoms with Gasteiger partial charge in [-0.15, -0.1) is 0 Å². The molecule has 0 fully saturated rings. The lowest BCUT2D eigenvalue weighted by atomic mass is 10.4. The number of rotatable bonds is 4. The molecule has 0 bridgehead atoms. The molecule has 8 heavy (non-hydrogen) atoms. The molecule has 48 valence electrons. The molecule has 3 nitrogen and oxygen atoms in total. The molecule has 0 saturated heterocycles. The topological polar surface area (TPSA) is 38.3 Å². The van der Waals surface area contributed by atoms with Gasteiger partial charge in [-0.25, -0.2) is 0 Å². The summed E-state index contributed by atoms with van der Waals surface area (Å²) in [5.41, 5.74) is 0. The van der Waals surface area contributed by atoms with Crippen LogP contribution in [0.5, 0.6) is 0 Å². The summed E-state index contributed by atoms with van der Waals surface area (Å²) in [7, 11) is 1.60. The van der Waals surface area contributed by atoms with Crippen molar-refractivity contribution in [2.45, 2.75) is 13.0 Å². The number of ether oxygens (including phenoxy) is 1. The molecule has 0 aliphatic heterocycles. The number of carbonyl (C=O) groups excluding carboxylic acids is 1. The Balaban J connectivity index is 3.03. The zero-order valence-electron chi connectivity index (χ0n) is 5.18. The zero-order valence-corrected chi connectivity index (χ0v) is 5.18. The molecule has 0 aromatic carbocycles. The third-order valence-corrected chi connectivity index (χ3v) is 0.769. The second kappa shape index (κ2) is 4.59. The minimum absolute atomic E-state index is 0.123. The first kappa shape index (κ1) is 7.43. The summed E-state index contributed by atoms with van der Waals surface area (Å²) >= 11 is 0. The molecule has 0 aromatic heterocycles. The van der Waals surface area contributed by atoms with Gasteiger partial charge < -0.3 is 10.1 Å². The molecule has 0 heterocycles. The largest absolute Gasteiger partial charge is 0.383 e. The highest BCUT2D eigenvalue weighted by Crippen LogP contribution is 1.77. The highest BCUT2D eigenvalue weighted by atomic mass is 16.5. The fourth-order valence-corrected chi connectivity index (χ4v) is 0.414. The van der Waals surface area contributed by atoms with Crippen LogP contribution in [-0.4, -0.2) is 26.2 Å². The van der Waals surface area contributed by atoms with Crippen molar-refractivity contribution in [2.75, 3.05) is 13.7 Å².